The zero-order valence-corrected chi connectivity index (χ0v) is 13.0. The van der Waals surface area contributed by atoms with Crippen molar-refractivity contribution in [2.24, 2.45) is 0 Å². The van der Waals surface area contributed by atoms with E-state index >= 15 is 0 Å². The highest BCUT2D eigenvalue weighted by atomic mass is 16.3. The normalized spacial score (nSPS) is 14.0. The number of aliphatic hydroxyl groups excluding tert-OH is 2. The summed E-state index contributed by atoms with van der Waals surface area (Å²) in [5.41, 5.74) is 2.31. The zero-order chi connectivity index (χ0) is 15.8. The van der Waals surface area contributed by atoms with Crippen molar-refractivity contribution in [2.75, 3.05) is 6.61 Å². The first-order valence-electron chi connectivity index (χ1n) is 7.91. The van der Waals surface area contributed by atoms with Crippen LogP contribution in [0.4, 0.5) is 0 Å². The monoisotopic (exact) mass is 299 g/mol. The van der Waals surface area contributed by atoms with Crippen LogP contribution in [0.15, 0.2) is 60.7 Å². The Kier molecular flexibility index (Phi) is 6.59. The highest BCUT2D eigenvalue weighted by Crippen LogP contribution is 2.23. The van der Waals surface area contributed by atoms with Crippen molar-refractivity contribution in [1.29, 1.82) is 0 Å². The summed E-state index contributed by atoms with van der Waals surface area (Å²) in [7, 11) is 0. The Morgan fingerprint density at radius 3 is 1.82 bits per heavy atom. The van der Waals surface area contributed by atoms with Crippen LogP contribution < -0.4 is 5.32 Å². The van der Waals surface area contributed by atoms with E-state index < -0.39 is 6.10 Å². The van der Waals surface area contributed by atoms with Gasteiger partial charge in [-0.25, -0.2) is 0 Å². The summed E-state index contributed by atoms with van der Waals surface area (Å²) >= 11 is 0. The topological polar surface area (TPSA) is 52.5 Å². The molecule has 22 heavy (non-hydrogen) atoms. The van der Waals surface area contributed by atoms with Gasteiger partial charge in [0.05, 0.1) is 18.8 Å². The smallest absolute Gasteiger partial charge is 0.0923 e. The second-order valence-electron chi connectivity index (χ2n) is 5.57. The molecule has 0 saturated carbocycles. The van der Waals surface area contributed by atoms with E-state index in [0.717, 1.165) is 24.0 Å². The summed E-state index contributed by atoms with van der Waals surface area (Å²) in [6, 6.07) is 20.3. The lowest BCUT2D eigenvalue weighted by Crippen LogP contribution is -2.43. The molecule has 0 amide bonds. The van der Waals surface area contributed by atoms with E-state index in [4.69, 9.17) is 0 Å². The molecule has 0 aliphatic heterocycles. The van der Waals surface area contributed by atoms with Crippen LogP contribution >= 0.6 is 0 Å². The molecule has 0 saturated heterocycles. The predicted octanol–water partition coefficient (Wildman–Crippen LogP) is 2.89. The minimum Gasteiger partial charge on any atom is -0.394 e. The number of benzene rings is 2. The van der Waals surface area contributed by atoms with Gasteiger partial charge in [-0.15, -0.1) is 0 Å². The van der Waals surface area contributed by atoms with Crippen molar-refractivity contribution in [3.63, 3.8) is 0 Å². The Morgan fingerprint density at radius 2 is 1.41 bits per heavy atom. The summed E-state index contributed by atoms with van der Waals surface area (Å²) in [4.78, 5) is 0. The molecule has 0 fully saturated rings. The minimum absolute atomic E-state index is 0.000139. The molecule has 2 aromatic rings. The second-order valence-corrected chi connectivity index (χ2v) is 5.57. The van der Waals surface area contributed by atoms with Gasteiger partial charge in [0.15, 0.2) is 0 Å². The van der Waals surface area contributed by atoms with Gasteiger partial charge >= 0.3 is 0 Å². The van der Waals surface area contributed by atoms with Crippen LogP contribution in [0.1, 0.15) is 36.9 Å². The van der Waals surface area contributed by atoms with E-state index in [2.05, 4.69) is 36.5 Å². The van der Waals surface area contributed by atoms with Gasteiger partial charge in [0.1, 0.15) is 0 Å². The third-order valence-electron chi connectivity index (χ3n) is 3.90. The second kappa shape index (κ2) is 8.69. The molecule has 118 valence electrons. The molecule has 3 nitrogen and oxygen atoms in total. The van der Waals surface area contributed by atoms with E-state index in [1.807, 2.05) is 36.4 Å². The number of aliphatic hydroxyl groups is 2. The van der Waals surface area contributed by atoms with Gasteiger partial charge in [-0.3, -0.25) is 0 Å². The van der Waals surface area contributed by atoms with Crippen molar-refractivity contribution < 1.29 is 10.2 Å². The summed E-state index contributed by atoms with van der Waals surface area (Å²) in [6.45, 7) is 1.85. The van der Waals surface area contributed by atoms with Gasteiger partial charge in [-0.05, 0) is 17.5 Å². The van der Waals surface area contributed by atoms with Crippen molar-refractivity contribution in [2.45, 2.75) is 38.0 Å². The number of hydrogen-bond acceptors (Lipinski definition) is 3. The molecule has 0 aliphatic rings. The van der Waals surface area contributed by atoms with Crippen molar-refractivity contribution in [3.8, 4) is 0 Å². The average Bonchev–Trinajstić information content (AvgIpc) is 2.59. The van der Waals surface area contributed by atoms with E-state index in [1.54, 1.807) is 0 Å². The third-order valence-corrected chi connectivity index (χ3v) is 3.90. The molecule has 0 spiro atoms. The zero-order valence-electron chi connectivity index (χ0n) is 13.0. The molecule has 0 radical (unpaired) electrons. The van der Waals surface area contributed by atoms with E-state index in [-0.39, 0.29) is 18.7 Å². The SMILES string of the molecule is CCC[C@@H](NC(c1ccccc1)c1ccccc1)[C@@H](O)CO. The van der Waals surface area contributed by atoms with Crippen molar-refractivity contribution in [3.05, 3.63) is 71.8 Å². The van der Waals surface area contributed by atoms with E-state index in [0.29, 0.717) is 0 Å². The van der Waals surface area contributed by atoms with Crippen LogP contribution in [0.5, 0.6) is 0 Å². The van der Waals surface area contributed by atoms with Gasteiger partial charge in [0.25, 0.3) is 0 Å². The molecule has 0 unspecified atom stereocenters. The van der Waals surface area contributed by atoms with E-state index in [1.165, 1.54) is 0 Å². The van der Waals surface area contributed by atoms with Crippen LogP contribution in [-0.4, -0.2) is 29.0 Å². The predicted molar refractivity (Wildman–Crippen MR) is 89.7 cm³/mol. The van der Waals surface area contributed by atoms with Crippen LogP contribution in [-0.2, 0) is 0 Å². The van der Waals surface area contributed by atoms with Gasteiger partial charge in [-0.1, -0.05) is 74.0 Å². The maximum atomic E-state index is 10.1. The Hall–Kier alpha value is -1.68. The molecular formula is C19H25NO2. The third kappa shape index (κ3) is 4.41. The molecule has 2 aromatic carbocycles. The fraction of sp³-hybridized carbons (Fsp3) is 0.368. The molecule has 0 heterocycles. The summed E-state index contributed by atoms with van der Waals surface area (Å²) < 4.78 is 0. The maximum Gasteiger partial charge on any atom is 0.0923 e. The highest BCUT2D eigenvalue weighted by Gasteiger charge is 2.23. The molecule has 0 aliphatic carbocycles. The lowest BCUT2D eigenvalue weighted by atomic mass is 9.96. The lowest BCUT2D eigenvalue weighted by molar-refractivity contribution is 0.0571. The number of nitrogens with one attached hydrogen (secondary N) is 1. The summed E-state index contributed by atoms with van der Waals surface area (Å²) in [5, 5.41) is 22.9. The Morgan fingerprint density at radius 1 is 0.909 bits per heavy atom. The molecular weight excluding hydrogens is 274 g/mol. The van der Waals surface area contributed by atoms with Gasteiger partial charge < -0.3 is 15.5 Å². The van der Waals surface area contributed by atoms with Crippen molar-refractivity contribution in [1.82, 2.24) is 5.32 Å². The number of rotatable bonds is 8. The molecule has 3 N–H and O–H groups in total. The minimum atomic E-state index is -0.755. The Labute approximate surface area is 132 Å². The molecule has 0 aromatic heterocycles. The first kappa shape index (κ1) is 16.7. The van der Waals surface area contributed by atoms with Crippen LogP contribution in [0.2, 0.25) is 0 Å². The Bertz CT molecular complexity index is 490. The van der Waals surface area contributed by atoms with Gasteiger partial charge in [-0.2, -0.15) is 0 Å². The first-order valence-corrected chi connectivity index (χ1v) is 7.91. The average molecular weight is 299 g/mol. The largest absolute Gasteiger partial charge is 0.394 e. The fourth-order valence-electron chi connectivity index (χ4n) is 2.71. The van der Waals surface area contributed by atoms with Gasteiger partial charge in [0, 0.05) is 6.04 Å². The molecule has 2 atom stereocenters. The lowest BCUT2D eigenvalue weighted by Gasteiger charge is -2.29. The first-order chi connectivity index (χ1) is 10.8. The Balaban J connectivity index is 2.28. The maximum absolute atomic E-state index is 10.1. The summed E-state index contributed by atoms with van der Waals surface area (Å²) in [5.74, 6) is 0. The van der Waals surface area contributed by atoms with Crippen LogP contribution in [0.25, 0.3) is 0 Å². The molecule has 0 bridgehead atoms. The van der Waals surface area contributed by atoms with Gasteiger partial charge in [0.2, 0.25) is 0 Å². The van der Waals surface area contributed by atoms with Crippen LogP contribution in [0, 0.1) is 0 Å². The van der Waals surface area contributed by atoms with Crippen molar-refractivity contribution >= 4 is 0 Å². The van der Waals surface area contributed by atoms with Crippen LogP contribution in [0.3, 0.4) is 0 Å². The standard InChI is InChI=1S/C19H25NO2/c1-2-9-17(18(22)14-21)20-19(15-10-5-3-6-11-15)16-12-7-4-8-13-16/h3-8,10-13,17-22H,2,9,14H2,1H3/t17-,18+/m1/s1. The fourth-order valence-corrected chi connectivity index (χ4v) is 2.71. The molecule has 2 rings (SSSR count). The molecule has 3 heteroatoms. The number of hydrogen-bond donors (Lipinski definition) is 3. The quantitative estimate of drug-likeness (QED) is 0.702. The van der Waals surface area contributed by atoms with E-state index in [9.17, 15) is 10.2 Å². The summed E-state index contributed by atoms with van der Waals surface area (Å²) in [6.07, 6.45) is 1.01. The highest BCUT2D eigenvalue weighted by molar-refractivity contribution is 5.31.